The van der Waals surface area contributed by atoms with Crippen molar-refractivity contribution in [2.24, 2.45) is 5.41 Å². The van der Waals surface area contributed by atoms with E-state index in [1.54, 1.807) is 36.5 Å². The number of aromatic nitrogens is 2. The lowest BCUT2D eigenvalue weighted by Crippen LogP contribution is -2.52. The number of ether oxygens (including phenoxy) is 5. The SMILES string of the molecule is Cl.O=C1CCC(N2Cc3c(NC(=O)CCOCCOCCOCCCCCOCCCC(=O)C4(Cc5cccc(Nc6nccs6)n5)CCC(Oc5cccc(Cl)c5F)CC4)cccc3C2=O)C(=O)N1. The minimum Gasteiger partial charge on any atom is -0.487 e. The number of hydrogen-bond donors (Lipinski definition) is 3. The molecule has 2 fully saturated rings. The Kier molecular flexibility index (Phi) is 21.3. The molecular weight excluding hydrogens is 967 g/mol. The lowest BCUT2D eigenvalue weighted by molar-refractivity contribution is -0.137. The highest BCUT2D eigenvalue weighted by molar-refractivity contribution is 7.13. The van der Waals surface area contributed by atoms with Crippen LogP contribution < -0.4 is 20.7 Å². The largest absolute Gasteiger partial charge is 0.487 e. The number of ketones is 1. The van der Waals surface area contributed by atoms with Gasteiger partial charge in [-0.3, -0.25) is 29.3 Å². The first-order valence-electron chi connectivity index (χ1n) is 23.7. The molecule has 7 rings (SSSR count). The maximum absolute atomic E-state index is 14.6. The average Bonchev–Trinajstić information content (AvgIpc) is 3.98. The number of carbonyl (C=O) groups is 5. The summed E-state index contributed by atoms with van der Waals surface area (Å²) >= 11 is 7.48. The van der Waals surface area contributed by atoms with Gasteiger partial charge in [-0.05, 0) is 94.2 Å². The number of fused-ring (bicyclic) bond motifs is 1. The van der Waals surface area contributed by atoms with Crippen molar-refractivity contribution in [1.82, 2.24) is 20.2 Å². The summed E-state index contributed by atoms with van der Waals surface area (Å²) in [4.78, 5) is 74.3. The van der Waals surface area contributed by atoms with Crippen LogP contribution in [-0.2, 0) is 51.1 Å². The van der Waals surface area contributed by atoms with Crippen molar-refractivity contribution in [3.8, 4) is 5.75 Å². The first kappa shape index (κ1) is 54.3. The van der Waals surface area contributed by atoms with Gasteiger partial charge in [-0.25, -0.2) is 14.4 Å². The van der Waals surface area contributed by atoms with Crippen molar-refractivity contribution in [3.05, 3.63) is 93.8 Å². The van der Waals surface area contributed by atoms with Crippen LogP contribution >= 0.6 is 35.3 Å². The van der Waals surface area contributed by atoms with Crippen LogP contribution in [0.3, 0.4) is 0 Å². The number of anilines is 3. The number of piperidine rings is 1. The van der Waals surface area contributed by atoms with Crippen LogP contribution in [0.5, 0.6) is 5.75 Å². The monoisotopic (exact) mass is 1030 g/mol. The van der Waals surface area contributed by atoms with Gasteiger partial charge in [0, 0.05) is 85.1 Å². The van der Waals surface area contributed by atoms with Crippen LogP contribution in [0.15, 0.2) is 66.2 Å². The summed E-state index contributed by atoms with van der Waals surface area (Å²) in [5.41, 5.74) is 1.78. The maximum atomic E-state index is 14.6. The third kappa shape index (κ3) is 15.5. The molecule has 0 bridgehead atoms. The first-order chi connectivity index (χ1) is 33.6. The second-order valence-corrected chi connectivity index (χ2v) is 18.7. The van der Waals surface area contributed by atoms with Crippen LogP contribution in [0.4, 0.5) is 21.0 Å². The molecule has 16 nitrogen and oxygen atoms in total. The second kappa shape index (κ2) is 27.5. The number of halogens is 3. The van der Waals surface area contributed by atoms with Crippen LogP contribution in [0.25, 0.3) is 0 Å². The number of unbranched alkanes of at least 4 members (excludes halogenated alkanes) is 2. The number of amides is 4. The van der Waals surface area contributed by atoms with E-state index in [9.17, 15) is 28.4 Å². The molecule has 4 aromatic rings. The summed E-state index contributed by atoms with van der Waals surface area (Å²) < 4.78 is 43.5. The second-order valence-electron chi connectivity index (χ2n) is 17.4. The molecule has 2 aromatic heterocycles. The Balaban J connectivity index is 0.00000804. The standard InChI is InChI=1S/C50H60ClFN6O10S.ClH/c51-38-10-6-12-41(46(38)52)68-35-17-20-50(21-18-35,32-34-8-4-14-43(54-34)56-49-53-22-31-69-49)42(59)13-7-25-64-23-2-1-3-24-65-27-29-67-30-28-66-26-19-45(61)55-39-11-5-9-36-37(39)33-58(48(36)63)40-15-16-44(60)57-47(40)62;/h4-6,8-12,14,22,31,35,40H,1-3,7,13,15-21,23-30,32-33H2,(H,55,61)(H,53,54,56)(H,57,60,62);1H. The summed E-state index contributed by atoms with van der Waals surface area (Å²) in [5.74, 6) is -0.991. The van der Waals surface area contributed by atoms with E-state index in [2.05, 4.69) is 20.9 Å². The summed E-state index contributed by atoms with van der Waals surface area (Å²) in [6.07, 6.45) is 8.66. The topological polar surface area (TPSA) is 197 Å². The number of carbonyl (C=O) groups excluding carboxylic acids is 5. The van der Waals surface area contributed by atoms with E-state index in [4.69, 9.17) is 40.3 Å². The molecule has 4 heterocycles. The van der Waals surface area contributed by atoms with Crippen LogP contribution in [-0.4, -0.2) is 109 Å². The number of thiazole rings is 1. The highest BCUT2D eigenvalue weighted by Crippen LogP contribution is 2.43. The van der Waals surface area contributed by atoms with E-state index in [-0.39, 0.29) is 85.2 Å². The molecule has 20 heteroatoms. The van der Waals surface area contributed by atoms with Gasteiger partial charge in [0.1, 0.15) is 17.6 Å². The molecule has 2 aromatic carbocycles. The zero-order valence-electron chi connectivity index (χ0n) is 39.1. The maximum Gasteiger partial charge on any atom is 0.255 e. The Morgan fingerprint density at radius 1 is 0.843 bits per heavy atom. The van der Waals surface area contributed by atoms with Crippen molar-refractivity contribution in [2.75, 3.05) is 63.5 Å². The van der Waals surface area contributed by atoms with Gasteiger partial charge in [0.2, 0.25) is 17.7 Å². The molecule has 4 amide bonds. The van der Waals surface area contributed by atoms with Gasteiger partial charge >= 0.3 is 0 Å². The lowest BCUT2D eigenvalue weighted by atomic mass is 9.66. The molecule has 1 unspecified atom stereocenters. The molecule has 70 heavy (non-hydrogen) atoms. The smallest absolute Gasteiger partial charge is 0.255 e. The van der Waals surface area contributed by atoms with Crippen molar-refractivity contribution in [1.29, 1.82) is 0 Å². The number of hydrogen-bond acceptors (Lipinski definition) is 14. The van der Waals surface area contributed by atoms with Gasteiger partial charge in [-0.1, -0.05) is 29.8 Å². The Labute approximate surface area is 422 Å². The van der Waals surface area contributed by atoms with Gasteiger partial charge in [0.25, 0.3) is 5.91 Å². The Bertz CT molecular complexity index is 2370. The molecule has 3 aliphatic rings. The average molecular weight is 1030 g/mol. The van der Waals surface area contributed by atoms with Crippen LogP contribution in [0.1, 0.15) is 98.7 Å². The fourth-order valence-electron chi connectivity index (χ4n) is 8.87. The number of Topliss-reactive ketones (excluding diaryl/α,β-unsaturated/α-hetero) is 1. The van der Waals surface area contributed by atoms with Gasteiger partial charge < -0.3 is 39.2 Å². The van der Waals surface area contributed by atoms with Crippen LogP contribution in [0.2, 0.25) is 5.02 Å². The predicted molar refractivity (Wildman–Crippen MR) is 264 cm³/mol. The van der Waals surface area contributed by atoms with Gasteiger partial charge in [-0.2, -0.15) is 0 Å². The van der Waals surface area contributed by atoms with Crippen molar-refractivity contribution < 1.29 is 52.0 Å². The number of nitrogens with zero attached hydrogens (tertiary/aromatic N) is 3. The van der Waals surface area contributed by atoms with Crippen molar-refractivity contribution in [2.45, 2.75) is 102 Å². The molecule has 1 saturated carbocycles. The zero-order chi connectivity index (χ0) is 48.4. The van der Waals surface area contributed by atoms with E-state index in [0.29, 0.717) is 114 Å². The van der Waals surface area contributed by atoms with E-state index in [1.807, 2.05) is 23.6 Å². The Morgan fingerprint density at radius 3 is 2.29 bits per heavy atom. The lowest BCUT2D eigenvalue weighted by Gasteiger charge is -2.39. The minimum absolute atomic E-state index is 0. The highest BCUT2D eigenvalue weighted by Gasteiger charge is 2.43. The summed E-state index contributed by atoms with van der Waals surface area (Å²) in [7, 11) is 0. The van der Waals surface area contributed by atoms with E-state index >= 15 is 0 Å². The molecule has 0 radical (unpaired) electrons. The zero-order valence-corrected chi connectivity index (χ0v) is 41.4. The molecule has 1 atom stereocenters. The summed E-state index contributed by atoms with van der Waals surface area (Å²) in [6.45, 7) is 3.63. The highest BCUT2D eigenvalue weighted by atomic mass is 35.5. The molecule has 1 aliphatic carbocycles. The Morgan fingerprint density at radius 2 is 1.54 bits per heavy atom. The first-order valence-corrected chi connectivity index (χ1v) is 25.0. The van der Waals surface area contributed by atoms with E-state index < -0.39 is 23.2 Å². The van der Waals surface area contributed by atoms with Gasteiger partial charge in [0.15, 0.2) is 16.7 Å². The number of pyridine rings is 1. The minimum atomic E-state index is -0.730. The molecule has 1 saturated heterocycles. The number of nitrogens with one attached hydrogen (secondary N) is 3. The summed E-state index contributed by atoms with van der Waals surface area (Å²) in [6, 6.07) is 14.8. The number of benzene rings is 2. The third-order valence-electron chi connectivity index (χ3n) is 12.5. The molecule has 378 valence electrons. The molecular formula is C50H61Cl2FN6O10S. The fourth-order valence-corrected chi connectivity index (χ4v) is 9.57. The normalized spacial score (nSPS) is 18.8. The van der Waals surface area contributed by atoms with Crippen molar-refractivity contribution >= 4 is 81.4 Å². The van der Waals surface area contributed by atoms with E-state index in [0.717, 1.165) is 30.1 Å². The molecule has 0 spiro atoms. The van der Waals surface area contributed by atoms with Crippen LogP contribution in [0, 0.1) is 11.2 Å². The van der Waals surface area contributed by atoms with Gasteiger partial charge in [-0.15, -0.1) is 23.7 Å². The molecule has 2 aliphatic heterocycles. The molecule has 3 N–H and O–H groups in total. The van der Waals surface area contributed by atoms with Gasteiger partial charge in [0.05, 0.1) is 50.6 Å². The number of rotatable bonds is 28. The number of imide groups is 1. The Hall–Kier alpha value is -5.08. The predicted octanol–water partition coefficient (Wildman–Crippen LogP) is 8.42. The quantitative estimate of drug-likeness (QED) is 0.0363. The van der Waals surface area contributed by atoms with E-state index in [1.165, 1.54) is 22.3 Å². The third-order valence-corrected chi connectivity index (χ3v) is 13.5. The van der Waals surface area contributed by atoms with Crippen molar-refractivity contribution in [3.63, 3.8) is 0 Å². The fraction of sp³-hybridized carbons (Fsp3) is 0.500. The summed E-state index contributed by atoms with van der Waals surface area (Å²) in [5, 5.41) is 11.0.